The lowest BCUT2D eigenvalue weighted by molar-refractivity contribution is 0.602. The van der Waals surface area contributed by atoms with E-state index >= 15 is 0 Å². The lowest BCUT2D eigenvalue weighted by Gasteiger charge is -1.93. The fourth-order valence-corrected chi connectivity index (χ4v) is 1.94. The van der Waals surface area contributed by atoms with Crippen LogP contribution in [0.15, 0.2) is 11.2 Å². The zero-order valence-corrected chi connectivity index (χ0v) is 10.7. The Balaban J connectivity index is 2.47. The van der Waals surface area contributed by atoms with Gasteiger partial charge < -0.3 is 0 Å². The van der Waals surface area contributed by atoms with Crippen molar-refractivity contribution in [1.82, 2.24) is 25.0 Å². The topological polar surface area (TPSA) is 93.5 Å². The van der Waals surface area contributed by atoms with Crippen molar-refractivity contribution in [3.8, 4) is 11.5 Å². The highest BCUT2D eigenvalue weighted by Crippen LogP contribution is 2.18. The van der Waals surface area contributed by atoms with Gasteiger partial charge in [-0.25, -0.2) is 13.5 Å². The van der Waals surface area contributed by atoms with E-state index < -0.39 is 9.05 Å². The summed E-state index contributed by atoms with van der Waals surface area (Å²) in [5.41, 5.74) is 1.51. The van der Waals surface area contributed by atoms with E-state index in [0.29, 0.717) is 5.69 Å². The maximum atomic E-state index is 11.0. The Morgan fingerprint density at radius 1 is 1.53 bits per heavy atom. The van der Waals surface area contributed by atoms with Gasteiger partial charge in [0, 0.05) is 17.7 Å². The number of nitrogens with zero attached hydrogens (tertiary/aromatic N) is 4. The molecule has 9 heteroatoms. The molecule has 0 atom stereocenters. The fraction of sp³-hybridized carbons (Fsp3) is 0.375. The van der Waals surface area contributed by atoms with Gasteiger partial charge in [0.15, 0.2) is 5.82 Å². The maximum absolute atomic E-state index is 11.0. The van der Waals surface area contributed by atoms with Crippen molar-refractivity contribution < 1.29 is 8.42 Å². The molecule has 2 rings (SSSR count). The summed E-state index contributed by atoms with van der Waals surface area (Å²) in [6.07, 6.45) is 0.777. The van der Waals surface area contributed by atoms with E-state index in [1.54, 1.807) is 17.8 Å². The molecule has 2 aromatic heterocycles. The Bertz CT molecular complexity index is 645. The Labute approximate surface area is 102 Å². The smallest absolute Gasteiger partial charge is 0.264 e. The predicted octanol–water partition coefficient (Wildman–Crippen LogP) is 0.695. The number of aryl methyl sites for hydroxylation is 2. The number of rotatable bonds is 3. The van der Waals surface area contributed by atoms with Crippen molar-refractivity contribution in [3.63, 3.8) is 0 Å². The summed E-state index contributed by atoms with van der Waals surface area (Å²) < 4.78 is 23.7. The highest BCUT2D eigenvalue weighted by molar-refractivity contribution is 8.13. The highest BCUT2D eigenvalue weighted by atomic mass is 35.7. The zero-order valence-electron chi connectivity index (χ0n) is 9.18. The van der Waals surface area contributed by atoms with Crippen molar-refractivity contribution in [2.75, 3.05) is 0 Å². The molecule has 0 fully saturated rings. The first-order valence-electron chi connectivity index (χ1n) is 4.82. The second-order valence-corrected chi connectivity index (χ2v) is 5.88. The molecule has 92 valence electrons. The molecular formula is C8H10ClN5O2S. The molecule has 0 aliphatic heterocycles. The minimum absolute atomic E-state index is 0.249. The van der Waals surface area contributed by atoms with Crippen LogP contribution in [0.3, 0.4) is 0 Å². The second-order valence-electron chi connectivity index (χ2n) is 3.40. The van der Waals surface area contributed by atoms with Crippen LogP contribution in [0, 0.1) is 0 Å². The molecule has 0 bridgehead atoms. The van der Waals surface area contributed by atoms with Crippen LogP contribution in [-0.2, 0) is 22.5 Å². The van der Waals surface area contributed by atoms with Gasteiger partial charge in [-0.2, -0.15) is 15.2 Å². The number of hydrogen-bond acceptors (Lipinski definition) is 5. The second kappa shape index (κ2) is 4.11. The van der Waals surface area contributed by atoms with Gasteiger partial charge in [0.2, 0.25) is 0 Å². The van der Waals surface area contributed by atoms with Gasteiger partial charge in [0.05, 0.1) is 5.69 Å². The average Bonchev–Trinajstić information content (AvgIpc) is 2.82. The van der Waals surface area contributed by atoms with Gasteiger partial charge in [-0.05, 0) is 12.5 Å². The quantitative estimate of drug-likeness (QED) is 0.832. The standard InChI is InChI=1S/C8H10ClN5O2S/c1-3-5-4-6(14(2)13-5)7-10-8(12-11-7)17(9,15)16/h4H,3H2,1-2H3,(H,10,11,12). The average molecular weight is 276 g/mol. The number of halogens is 1. The van der Waals surface area contributed by atoms with E-state index in [1.807, 2.05) is 6.92 Å². The highest BCUT2D eigenvalue weighted by Gasteiger charge is 2.18. The molecule has 0 unspecified atom stereocenters. The molecule has 0 amide bonds. The summed E-state index contributed by atoms with van der Waals surface area (Å²) in [6, 6.07) is 1.80. The van der Waals surface area contributed by atoms with Crippen molar-refractivity contribution in [1.29, 1.82) is 0 Å². The Hall–Kier alpha value is -1.41. The first-order valence-corrected chi connectivity index (χ1v) is 7.13. The molecule has 17 heavy (non-hydrogen) atoms. The molecule has 7 nitrogen and oxygen atoms in total. The Kier molecular flexibility index (Phi) is 2.92. The van der Waals surface area contributed by atoms with Crippen LogP contribution >= 0.6 is 10.7 Å². The normalized spacial score (nSPS) is 11.9. The SMILES string of the molecule is CCc1cc(-c2n[nH]c(S(=O)(=O)Cl)n2)n(C)n1. The molecule has 0 spiro atoms. The Morgan fingerprint density at radius 2 is 2.24 bits per heavy atom. The van der Waals surface area contributed by atoms with Crippen LogP contribution in [-0.4, -0.2) is 33.4 Å². The van der Waals surface area contributed by atoms with E-state index in [1.165, 1.54) is 0 Å². The largest absolute Gasteiger partial charge is 0.296 e. The minimum Gasteiger partial charge on any atom is -0.264 e. The van der Waals surface area contributed by atoms with E-state index in [2.05, 4.69) is 20.3 Å². The van der Waals surface area contributed by atoms with Crippen molar-refractivity contribution >= 4 is 19.7 Å². The number of H-pyrrole nitrogens is 1. The first kappa shape index (κ1) is 12.1. The summed E-state index contributed by atoms with van der Waals surface area (Å²) in [5, 5.41) is 9.93. The van der Waals surface area contributed by atoms with E-state index in [0.717, 1.165) is 12.1 Å². The molecule has 0 aromatic carbocycles. The molecule has 2 aromatic rings. The molecule has 0 aliphatic carbocycles. The van der Waals surface area contributed by atoms with E-state index in [9.17, 15) is 8.42 Å². The Morgan fingerprint density at radius 3 is 2.71 bits per heavy atom. The monoisotopic (exact) mass is 275 g/mol. The van der Waals surface area contributed by atoms with Crippen LogP contribution in [0.1, 0.15) is 12.6 Å². The van der Waals surface area contributed by atoms with E-state index in [4.69, 9.17) is 10.7 Å². The molecule has 2 heterocycles. The third-order valence-corrected chi connectivity index (χ3v) is 3.30. The summed E-state index contributed by atoms with van der Waals surface area (Å²) >= 11 is 0. The molecule has 0 aliphatic rings. The van der Waals surface area contributed by atoms with Crippen molar-refractivity contribution in [2.24, 2.45) is 7.05 Å². The van der Waals surface area contributed by atoms with Gasteiger partial charge in [0.1, 0.15) is 5.69 Å². The van der Waals surface area contributed by atoms with Crippen LogP contribution in [0.4, 0.5) is 0 Å². The third-order valence-electron chi connectivity index (χ3n) is 2.22. The van der Waals surface area contributed by atoms with Gasteiger partial charge in [-0.15, -0.1) is 0 Å². The van der Waals surface area contributed by atoms with Gasteiger partial charge in [-0.1, -0.05) is 6.92 Å². The molecule has 0 radical (unpaired) electrons. The lowest BCUT2D eigenvalue weighted by atomic mass is 10.3. The fourth-order valence-electron chi connectivity index (χ4n) is 1.38. The summed E-state index contributed by atoms with van der Waals surface area (Å²) in [4.78, 5) is 3.81. The van der Waals surface area contributed by atoms with Gasteiger partial charge in [0.25, 0.3) is 14.2 Å². The van der Waals surface area contributed by atoms with E-state index in [-0.39, 0.29) is 11.0 Å². The maximum Gasteiger partial charge on any atom is 0.296 e. The number of aromatic nitrogens is 5. The summed E-state index contributed by atoms with van der Waals surface area (Å²) in [5.74, 6) is 0.249. The number of aromatic amines is 1. The first-order chi connectivity index (χ1) is 7.91. The van der Waals surface area contributed by atoms with Crippen LogP contribution in [0.5, 0.6) is 0 Å². The lowest BCUT2D eigenvalue weighted by Crippen LogP contribution is -1.96. The predicted molar refractivity (Wildman–Crippen MR) is 61.0 cm³/mol. The molecular weight excluding hydrogens is 266 g/mol. The van der Waals surface area contributed by atoms with Crippen LogP contribution in [0.2, 0.25) is 0 Å². The van der Waals surface area contributed by atoms with Crippen molar-refractivity contribution in [2.45, 2.75) is 18.5 Å². The minimum atomic E-state index is -3.89. The van der Waals surface area contributed by atoms with Crippen molar-refractivity contribution in [3.05, 3.63) is 11.8 Å². The van der Waals surface area contributed by atoms with Crippen LogP contribution in [0.25, 0.3) is 11.5 Å². The molecule has 0 saturated carbocycles. The number of nitrogens with one attached hydrogen (secondary N) is 1. The van der Waals surface area contributed by atoms with Gasteiger partial charge in [-0.3, -0.25) is 4.68 Å². The number of hydrogen-bond donors (Lipinski definition) is 1. The third kappa shape index (κ3) is 2.32. The molecule has 1 N–H and O–H groups in total. The van der Waals surface area contributed by atoms with Crippen LogP contribution < -0.4 is 0 Å². The zero-order chi connectivity index (χ0) is 12.6. The summed E-state index contributed by atoms with van der Waals surface area (Å²) in [7, 11) is 3.00. The molecule has 0 saturated heterocycles. The summed E-state index contributed by atoms with van der Waals surface area (Å²) in [6.45, 7) is 1.97. The van der Waals surface area contributed by atoms with Gasteiger partial charge >= 0.3 is 0 Å².